The highest BCUT2D eigenvalue weighted by Gasteiger charge is 2.23. The highest BCUT2D eigenvalue weighted by Crippen LogP contribution is 2.39. The van der Waals surface area contributed by atoms with Gasteiger partial charge in [0.25, 0.3) is 0 Å². The molecule has 1 aliphatic heterocycles. The summed E-state index contributed by atoms with van der Waals surface area (Å²) in [6.07, 6.45) is 6.21. The quantitative estimate of drug-likeness (QED) is 0.591. The van der Waals surface area contributed by atoms with Gasteiger partial charge in [-0.05, 0) is 37.0 Å². The maximum absolute atomic E-state index is 9.71. The third kappa shape index (κ3) is 4.51. The minimum Gasteiger partial charge on any atom is -0.513 e. The summed E-state index contributed by atoms with van der Waals surface area (Å²) in [5, 5.41) is 10.8. The predicted octanol–water partition coefficient (Wildman–Crippen LogP) is 5.35. The molecule has 0 saturated heterocycles. The van der Waals surface area contributed by atoms with Crippen LogP contribution in [0.15, 0.2) is 36.7 Å². The molecule has 1 unspecified atom stereocenters. The van der Waals surface area contributed by atoms with Crippen LogP contribution in [0.3, 0.4) is 0 Å². The first kappa shape index (κ1) is 20.3. The SMILES string of the molecule is C=C(O)[C@@H](C)CC(CCC)CCN1CCOc2cnc3ccc(OC)cc3c21. The van der Waals surface area contributed by atoms with Crippen molar-refractivity contribution in [3.63, 3.8) is 0 Å². The van der Waals surface area contributed by atoms with Gasteiger partial charge in [0, 0.05) is 17.8 Å². The van der Waals surface area contributed by atoms with Crippen molar-refractivity contribution in [1.82, 2.24) is 4.98 Å². The highest BCUT2D eigenvalue weighted by molar-refractivity contribution is 5.96. The number of allylic oxidation sites excluding steroid dienone is 1. The molecule has 5 nitrogen and oxygen atoms in total. The Labute approximate surface area is 168 Å². The number of rotatable bonds is 9. The van der Waals surface area contributed by atoms with Crippen LogP contribution >= 0.6 is 0 Å². The fourth-order valence-corrected chi connectivity index (χ4v) is 4.06. The van der Waals surface area contributed by atoms with Gasteiger partial charge in [0.2, 0.25) is 0 Å². The summed E-state index contributed by atoms with van der Waals surface area (Å²) in [6.45, 7) is 10.5. The van der Waals surface area contributed by atoms with E-state index in [1.54, 1.807) is 7.11 Å². The molecule has 1 N–H and O–H groups in total. The van der Waals surface area contributed by atoms with Crippen LogP contribution in [-0.4, -0.2) is 36.9 Å². The number of fused-ring (bicyclic) bond motifs is 3. The summed E-state index contributed by atoms with van der Waals surface area (Å²) in [5.74, 6) is 2.67. The van der Waals surface area contributed by atoms with Crippen molar-refractivity contribution in [2.75, 3.05) is 31.7 Å². The minimum absolute atomic E-state index is 0.141. The number of nitrogens with zero attached hydrogens (tertiary/aromatic N) is 2. The maximum Gasteiger partial charge on any atom is 0.161 e. The molecule has 3 rings (SSSR count). The zero-order valence-electron chi connectivity index (χ0n) is 17.3. The Kier molecular flexibility index (Phi) is 6.65. The van der Waals surface area contributed by atoms with E-state index in [0.29, 0.717) is 18.3 Å². The van der Waals surface area contributed by atoms with Gasteiger partial charge in [-0.1, -0.05) is 33.3 Å². The third-order valence-corrected chi connectivity index (χ3v) is 5.71. The average molecular weight is 385 g/mol. The van der Waals surface area contributed by atoms with Crippen LogP contribution in [0.2, 0.25) is 0 Å². The van der Waals surface area contributed by atoms with Gasteiger partial charge in [-0.2, -0.15) is 0 Å². The molecule has 1 aromatic heterocycles. The molecule has 0 fully saturated rings. The molecule has 0 radical (unpaired) electrons. The Balaban J connectivity index is 1.82. The van der Waals surface area contributed by atoms with Gasteiger partial charge in [-0.3, -0.25) is 4.98 Å². The van der Waals surface area contributed by atoms with Crippen LogP contribution in [0.1, 0.15) is 39.5 Å². The second-order valence-electron chi connectivity index (χ2n) is 7.76. The maximum atomic E-state index is 9.71. The number of aliphatic hydroxyl groups is 1. The fourth-order valence-electron chi connectivity index (χ4n) is 4.06. The smallest absolute Gasteiger partial charge is 0.161 e. The first-order valence-corrected chi connectivity index (χ1v) is 10.3. The molecule has 2 atom stereocenters. The van der Waals surface area contributed by atoms with Crippen molar-refractivity contribution in [1.29, 1.82) is 0 Å². The van der Waals surface area contributed by atoms with Crippen LogP contribution in [0.4, 0.5) is 5.69 Å². The van der Waals surface area contributed by atoms with E-state index < -0.39 is 0 Å². The van der Waals surface area contributed by atoms with E-state index in [4.69, 9.17) is 9.47 Å². The van der Waals surface area contributed by atoms with Crippen LogP contribution in [0, 0.1) is 11.8 Å². The number of hydrogen-bond donors (Lipinski definition) is 1. The van der Waals surface area contributed by atoms with Gasteiger partial charge in [-0.25, -0.2) is 0 Å². The Hall–Kier alpha value is -2.43. The Bertz CT molecular complexity index is 816. The molecule has 0 spiro atoms. The molecule has 152 valence electrons. The van der Waals surface area contributed by atoms with Crippen LogP contribution in [0.25, 0.3) is 10.9 Å². The van der Waals surface area contributed by atoms with Crippen molar-refractivity contribution >= 4 is 16.6 Å². The lowest BCUT2D eigenvalue weighted by Crippen LogP contribution is -2.34. The highest BCUT2D eigenvalue weighted by atomic mass is 16.5. The predicted molar refractivity (Wildman–Crippen MR) is 115 cm³/mol. The van der Waals surface area contributed by atoms with Crippen molar-refractivity contribution in [2.45, 2.75) is 39.5 Å². The van der Waals surface area contributed by atoms with Gasteiger partial charge in [0.15, 0.2) is 5.75 Å². The molecule has 0 bridgehead atoms. The Morgan fingerprint density at radius 3 is 2.93 bits per heavy atom. The molecule has 0 amide bonds. The Morgan fingerprint density at radius 2 is 2.21 bits per heavy atom. The zero-order valence-corrected chi connectivity index (χ0v) is 17.3. The molecule has 1 aliphatic rings. The van der Waals surface area contributed by atoms with Crippen molar-refractivity contribution in [3.8, 4) is 11.5 Å². The summed E-state index contributed by atoms with van der Waals surface area (Å²) in [7, 11) is 1.68. The second-order valence-corrected chi connectivity index (χ2v) is 7.76. The summed E-state index contributed by atoms with van der Waals surface area (Å²) in [5.41, 5.74) is 2.07. The second kappa shape index (κ2) is 9.18. The van der Waals surface area contributed by atoms with Crippen LogP contribution < -0.4 is 14.4 Å². The largest absolute Gasteiger partial charge is 0.513 e. The van der Waals surface area contributed by atoms with Crippen molar-refractivity contribution < 1.29 is 14.6 Å². The number of anilines is 1. The number of ether oxygens (including phenoxy) is 2. The summed E-state index contributed by atoms with van der Waals surface area (Å²) in [6, 6.07) is 5.98. The lowest BCUT2D eigenvalue weighted by Gasteiger charge is -2.33. The van der Waals surface area contributed by atoms with E-state index >= 15 is 0 Å². The number of hydrogen-bond acceptors (Lipinski definition) is 5. The summed E-state index contributed by atoms with van der Waals surface area (Å²) >= 11 is 0. The van der Waals surface area contributed by atoms with Gasteiger partial charge >= 0.3 is 0 Å². The van der Waals surface area contributed by atoms with E-state index in [9.17, 15) is 5.11 Å². The van der Waals surface area contributed by atoms with E-state index in [-0.39, 0.29) is 5.92 Å². The molecular weight excluding hydrogens is 352 g/mol. The first-order chi connectivity index (χ1) is 13.5. The molecule has 0 aliphatic carbocycles. The van der Waals surface area contributed by atoms with E-state index in [2.05, 4.69) is 30.3 Å². The third-order valence-electron chi connectivity index (χ3n) is 5.71. The monoisotopic (exact) mass is 384 g/mol. The summed E-state index contributed by atoms with van der Waals surface area (Å²) in [4.78, 5) is 6.96. The Morgan fingerprint density at radius 1 is 1.39 bits per heavy atom. The topological polar surface area (TPSA) is 54.8 Å². The normalized spacial score (nSPS) is 15.6. The molecule has 2 heterocycles. The van der Waals surface area contributed by atoms with Gasteiger partial charge < -0.3 is 19.5 Å². The standard InChI is InChI=1S/C23H32N2O3/c1-5-6-18(13-16(2)17(3)26)9-10-25-11-12-28-22-15-24-21-8-7-19(27-4)14-20(21)23(22)25/h7-8,14-16,18,26H,3,5-6,9-13H2,1-2,4H3/t16-,18?/m0/s1. The molecule has 0 saturated carbocycles. The fraction of sp³-hybridized carbons (Fsp3) is 0.522. The lowest BCUT2D eigenvalue weighted by atomic mass is 9.88. The van der Waals surface area contributed by atoms with Crippen LogP contribution in [0.5, 0.6) is 11.5 Å². The van der Waals surface area contributed by atoms with Gasteiger partial charge in [0.1, 0.15) is 12.4 Å². The number of pyridine rings is 1. The van der Waals surface area contributed by atoms with E-state index in [1.807, 2.05) is 24.4 Å². The molecule has 2 aromatic rings. The number of benzene rings is 1. The number of methoxy groups -OCH3 is 1. The minimum atomic E-state index is 0.141. The van der Waals surface area contributed by atoms with Crippen molar-refractivity contribution in [3.05, 3.63) is 36.7 Å². The number of aliphatic hydroxyl groups excluding tert-OH is 1. The first-order valence-electron chi connectivity index (χ1n) is 10.3. The summed E-state index contributed by atoms with van der Waals surface area (Å²) < 4.78 is 11.3. The van der Waals surface area contributed by atoms with Crippen molar-refractivity contribution in [2.24, 2.45) is 11.8 Å². The van der Waals surface area contributed by atoms with Gasteiger partial charge in [0.05, 0.1) is 36.8 Å². The molecule has 5 heteroatoms. The van der Waals surface area contributed by atoms with Gasteiger partial charge in [-0.15, -0.1) is 0 Å². The lowest BCUT2D eigenvalue weighted by molar-refractivity contribution is 0.282. The zero-order chi connectivity index (χ0) is 20.1. The molecular formula is C23H32N2O3. The number of aromatic nitrogens is 1. The van der Waals surface area contributed by atoms with Crippen LogP contribution in [-0.2, 0) is 0 Å². The van der Waals surface area contributed by atoms with E-state index in [1.165, 1.54) is 6.42 Å². The molecule has 28 heavy (non-hydrogen) atoms. The average Bonchev–Trinajstić information content (AvgIpc) is 2.71. The molecule has 1 aromatic carbocycles. The van der Waals surface area contributed by atoms with E-state index in [0.717, 1.165) is 60.4 Å².